The van der Waals surface area contributed by atoms with E-state index in [4.69, 9.17) is 4.74 Å². The minimum Gasteiger partial charge on any atom is -0.445 e. The van der Waals surface area contributed by atoms with Crippen molar-refractivity contribution in [1.29, 1.82) is 0 Å². The molecule has 8 rings (SSSR count). The van der Waals surface area contributed by atoms with Crippen LogP contribution in [0.25, 0.3) is 32.7 Å². The fourth-order valence-electron chi connectivity index (χ4n) is 7.29. The van der Waals surface area contributed by atoms with Crippen LogP contribution in [0.4, 0.5) is 9.59 Å². The van der Waals surface area contributed by atoms with Gasteiger partial charge in [0.2, 0.25) is 17.7 Å². The van der Waals surface area contributed by atoms with Crippen LogP contribution in [0, 0.1) is 0 Å². The molecule has 15 heteroatoms. The highest BCUT2D eigenvalue weighted by Gasteiger charge is 2.31. The van der Waals surface area contributed by atoms with Gasteiger partial charge >= 0.3 is 12.1 Å². The number of carbonyl (C=O) groups excluding carboxylic acids is 5. The van der Waals surface area contributed by atoms with Crippen molar-refractivity contribution in [3.63, 3.8) is 0 Å². The van der Waals surface area contributed by atoms with E-state index in [1.54, 1.807) is 12.4 Å². The highest BCUT2D eigenvalue weighted by Crippen LogP contribution is 2.22. The molecule has 1 fully saturated rings. The Bertz CT molecular complexity index is 2680. The molecule has 7 N–H and O–H groups in total. The molecule has 1 aliphatic rings. The topological polar surface area (TPSA) is 206 Å². The fraction of sp³-hybridized carbons (Fsp3) is 0.182. The summed E-state index contributed by atoms with van der Waals surface area (Å²) in [5.41, 5.74) is 5.82. The second-order valence-electron chi connectivity index (χ2n) is 14.3. The minimum atomic E-state index is -1.15. The molecule has 3 aromatic heterocycles. The standard InChI is InChI=1S/C44H41N9O6/c54-40-25-53(43(57)52-40)48-24-31(18-28-21-45-35-15-7-4-12-32(28)35)49-41(55)38(19-29-22-46-36-16-8-5-13-33(29)36)50-42(56)39(20-30-23-47-37-17-9-6-14-34(30)37)51-44(58)59-26-27-10-2-1-3-11-27/h1-17,21-24,31,38-39,45-47H,18-20,25-26H2,(H,49,55)(H,50,56)(H,51,58)(H,52,54,57)/b48-24+/t31-,38-,39-/m0/s1. The molecule has 0 unspecified atom stereocenters. The lowest BCUT2D eigenvalue weighted by Gasteiger charge is -2.25. The third-order valence-corrected chi connectivity index (χ3v) is 10.3. The quantitative estimate of drug-likeness (QED) is 0.0564. The number of imide groups is 1. The number of aromatic amines is 3. The Morgan fingerprint density at radius 3 is 1.68 bits per heavy atom. The number of H-pyrrole nitrogens is 3. The summed E-state index contributed by atoms with van der Waals surface area (Å²) in [4.78, 5) is 76.3. The van der Waals surface area contributed by atoms with Crippen LogP contribution in [-0.2, 0) is 45.0 Å². The number of amides is 6. The molecule has 7 aromatic rings. The molecule has 6 amide bonds. The van der Waals surface area contributed by atoms with Crippen molar-refractivity contribution in [3.05, 3.63) is 144 Å². The summed E-state index contributed by atoms with van der Waals surface area (Å²) in [7, 11) is 0. The van der Waals surface area contributed by atoms with Gasteiger partial charge in [0.25, 0.3) is 0 Å². The van der Waals surface area contributed by atoms with Crippen LogP contribution in [0.15, 0.2) is 127 Å². The molecule has 298 valence electrons. The first-order chi connectivity index (χ1) is 28.8. The van der Waals surface area contributed by atoms with Gasteiger partial charge in [-0.05, 0) is 46.9 Å². The van der Waals surface area contributed by atoms with Crippen LogP contribution >= 0.6 is 0 Å². The predicted octanol–water partition coefficient (Wildman–Crippen LogP) is 4.96. The van der Waals surface area contributed by atoms with Crippen LogP contribution in [0.3, 0.4) is 0 Å². The summed E-state index contributed by atoms with van der Waals surface area (Å²) in [5, 5.41) is 18.9. The molecule has 59 heavy (non-hydrogen) atoms. The second kappa shape index (κ2) is 17.2. The highest BCUT2D eigenvalue weighted by molar-refractivity contribution is 6.02. The number of carbonyl (C=O) groups is 5. The zero-order valence-electron chi connectivity index (χ0n) is 31.7. The summed E-state index contributed by atoms with van der Waals surface area (Å²) < 4.78 is 5.53. The Hall–Kier alpha value is -7.68. The zero-order valence-corrected chi connectivity index (χ0v) is 31.7. The Labute approximate surface area is 337 Å². The van der Waals surface area contributed by atoms with E-state index in [2.05, 4.69) is 41.3 Å². The molecule has 15 nitrogen and oxygen atoms in total. The molecule has 0 bridgehead atoms. The first-order valence-electron chi connectivity index (χ1n) is 19.2. The van der Waals surface area contributed by atoms with E-state index in [1.807, 2.05) is 109 Å². The van der Waals surface area contributed by atoms with Crippen LogP contribution < -0.4 is 21.3 Å². The number of ether oxygens (including phenoxy) is 1. The number of hydrazone groups is 1. The van der Waals surface area contributed by atoms with Gasteiger partial charge in [-0.3, -0.25) is 19.7 Å². The summed E-state index contributed by atoms with van der Waals surface area (Å²) >= 11 is 0. The van der Waals surface area contributed by atoms with Crippen molar-refractivity contribution >= 4 is 68.8 Å². The Kier molecular flexibility index (Phi) is 11.1. The fourth-order valence-corrected chi connectivity index (χ4v) is 7.29. The van der Waals surface area contributed by atoms with Gasteiger partial charge in [-0.2, -0.15) is 5.10 Å². The highest BCUT2D eigenvalue weighted by atomic mass is 16.5. The van der Waals surface area contributed by atoms with Gasteiger partial charge in [-0.25, -0.2) is 14.6 Å². The first kappa shape index (κ1) is 38.2. The van der Waals surface area contributed by atoms with Crippen LogP contribution in [0.1, 0.15) is 22.3 Å². The normalized spacial score (nSPS) is 14.4. The number of nitrogens with one attached hydrogen (secondary N) is 7. The lowest BCUT2D eigenvalue weighted by atomic mass is 10.0. The summed E-state index contributed by atoms with van der Waals surface area (Å²) in [6.07, 6.45) is 6.47. The molecular formula is C44H41N9O6. The number of rotatable bonds is 15. The first-order valence-corrected chi connectivity index (χ1v) is 19.2. The lowest BCUT2D eigenvalue weighted by Crippen LogP contribution is -2.56. The van der Waals surface area contributed by atoms with Crippen molar-refractivity contribution in [2.24, 2.45) is 5.10 Å². The van der Waals surface area contributed by atoms with Crippen LogP contribution in [-0.4, -0.2) is 80.7 Å². The van der Waals surface area contributed by atoms with E-state index < -0.39 is 48.0 Å². The van der Waals surface area contributed by atoms with Crippen molar-refractivity contribution in [1.82, 2.24) is 41.2 Å². The van der Waals surface area contributed by atoms with E-state index in [9.17, 15) is 24.0 Å². The number of alkyl carbamates (subject to hydrolysis) is 1. The average molecular weight is 792 g/mol. The molecule has 1 aliphatic heterocycles. The smallest absolute Gasteiger partial charge is 0.408 e. The monoisotopic (exact) mass is 791 g/mol. The number of benzene rings is 4. The Balaban J connectivity index is 1.08. The summed E-state index contributed by atoms with van der Waals surface area (Å²) in [6, 6.07) is 28.4. The van der Waals surface area contributed by atoms with Crippen LogP contribution in [0.5, 0.6) is 0 Å². The molecule has 1 saturated heterocycles. The molecule has 0 spiro atoms. The molecule has 0 radical (unpaired) electrons. The molecule has 0 saturated carbocycles. The van der Waals surface area contributed by atoms with E-state index in [1.165, 1.54) is 6.21 Å². The van der Waals surface area contributed by atoms with Crippen molar-refractivity contribution in [3.8, 4) is 0 Å². The Morgan fingerprint density at radius 2 is 1.14 bits per heavy atom. The number of aromatic nitrogens is 3. The van der Waals surface area contributed by atoms with Crippen molar-refractivity contribution in [2.45, 2.75) is 44.0 Å². The number of hydrogen-bond donors (Lipinski definition) is 7. The number of para-hydroxylation sites is 3. The summed E-state index contributed by atoms with van der Waals surface area (Å²) in [6.45, 7) is -0.271. The van der Waals surface area contributed by atoms with E-state index in [0.717, 1.165) is 60.0 Å². The maximum Gasteiger partial charge on any atom is 0.408 e. The van der Waals surface area contributed by atoms with E-state index in [-0.39, 0.29) is 32.4 Å². The van der Waals surface area contributed by atoms with E-state index >= 15 is 0 Å². The third-order valence-electron chi connectivity index (χ3n) is 10.3. The lowest BCUT2D eigenvalue weighted by molar-refractivity contribution is -0.130. The maximum absolute atomic E-state index is 14.6. The average Bonchev–Trinajstić information content (AvgIpc) is 4.04. The molecule has 4 heterocycles. The van der Waals surface area contributed by atoms with Gasteiger partial charge in [0.05, 0.1) is 6.04 Å². The van der Waals surface area contributed by atoms with Gasteiger partial charge in [0.15, 0.2) is 0 Å². The Morgan fingerprint density at radius 1 is 0.644 bits per heavy atom. The minimum absolute atomic E-state index is 0.00763. The van der Waals surface area contributed by atoms with Crippen LogP contribution in [0.2, 0.25) is 0 Å². The number of fused-ring (bicyclic) bond motifs is 3. The number of urea groups is 1. The largest absolute Gasteiger partial charge is 0.445 e. The number of nitrogens with zero attached hydrogens (tertiary/aromatic N) is 2. The van der Waals surface area contributed by atoms with Crippen molar-refractivity contribution < 1.29 is 28.7 Å². The SMILES string of the molecule is O=C1CN(/N=C/[C@H](Cc2c[nH]c3ccccc23)NC(=O)[C@H](Cc2c[nH]c3ccccc23)NC(=O)[C@H](Cc2c[nH]c3ccccc23)NC(=O)OCc2ccccc2)C(=O)N1. The molecule has 3 atom stereocenters. The van der Waals surface area contributed by atoms with E-state index in [0.29, 0.717) is 0 Å². The molecular weight excluding hydrogens is 751 g/mol. The molecule has 0 aliphatic carbocycles. The van der Waals surface area contributed by atoms with Gasteiger partial charge < -0.3 is 35.6 Å². The van der Waals surface area contributed by atoms with Crippen molar-refractivity contribution in [2.75, 3.05) is 6.54 Å². The summed E-state index contributed by atoms with van der Waals surface area (Å²) in [5.74, 6) is -1.65. The zero-order chi connectivity index (χ0) is 40.7. The van der Waals surface area contributed by atoms with Gasteiger partial charge in [0.1, 0.15) is 25.2 Å². The maximum atomic E-state index is 14.6. The van der Waals surface area contributed by atoms with Gasteiger partial charge in [-0.1, -0.05) is 84.9 Å². The van der Waals surface area contributed by atoms with Gasteiger partial charge in [-0.15, -0.1) is 0 Å². The second-order valence-corrected chi connectivity index (χ2v) is 14.3. The predicted molar refractivity (Wildman–Crippen MR) is 222 cm³/mol. The molecule has 4 aromatic carbocycles. The van der Waals surface area contributed by atoms with Gasteiger partial charge in [0, 0.05) is 70.4 Å². The third kappa shape index (κ3) is 8.99. The number of hydrogen-bond acceptors (Lipinski definition) is 7.